The molecule has 0 unspecified atom stereocenters. The third-order valence-corrected chi connectivity index (χ3v) is 4.89. The van der Waals surface area contributed by atoms with Crippen molar-refractivity contribution in [1.29, 1.82) is 0 Å². The number of carbonyl (C=O) groups excluding carboxylic acids is 1. The van der Waals surface area contributed by atoms with Crippen LogP contribution in [0.1, 0.15) is 15.9 Å². The lowest BCUT2D eigenvalue weighted by atomic mass is 10.1. The van der Waals surface area contributed by atoms with Gasteiger partial charge in [0.05, 0.1) is 6.54 Å². The summed E-state index contributed by atoms with van der Waals surface area (Å²) < 4.78 is 17.1. The second kappa shape index (κ2) is 8.03. The van der Waals surface area contributed by atoms with Gasteiger partial charge in [-0.3, -0.25) is 4.79 Å². The van der Waals surface area contributed by atoms with Gasteiger partial charge in [0.2, 0.25) is 10.3 Å². The quantitative estimate of drug-likeness (QED) is 0.504. The third-order valence-electron chi connectivity index (χ3n) is 3.18. The van der Waals surface area contributed by atoms with Gasteiger partial charge in [-0.1, -0.05) is 42.1 Å². The number of nitrogens with one attached hydrogen (secondary N) is 1. The van der Waals surface area contributed by atoms with Gasteiger partial charge in [-0.15, -0.1) is 0 Å². The lowest BCUT2D eigenvalue weighted by Gasteiger charge is -2.01. The van der Waals surface area contributed by atoms with Gasteiger partial charge in [-0.25, -0.2) is 4.39 Å². The number of hydrogen-bond donors (Lipinski definition) is 1. The number of thioether (sulfide) groups is 1. The van der Waals surface area contributed by atoms with E-state index in [4.69, 9.17) is 0 Å². The summed E-state index contributed by atoms with van der Waals surface area (Å²) in [6, 6.07) is 15.6. The highest BCUT2D eigenvalue weighted by Crippen LogP contribution is 2.23. The second-order valence-corrected chi connectivity index (χ2v) is 6.63. The van der Waals surface area contributed by atoms with E-state index >= 15 is 0 Å². The first-order valence-corrected chi connectivity index (χ1v) is 9.00. The van der Waals surface area contributed by atoms with E-state index in [1.807, 2.05) is 18.2 Å². The third kappa shape index (κ3) is 4.62. The van der Waals surface area contributed by atoms with Gasteiger partial charge in [-0.2, -0.15) is 9.36 Å². The number of carbonyl (C=O) groups is 1. The zero-order valence-electron chi connectivity index (χ0n) is 12.6. The first-order chi connectivity index (χ1) is 11.7. The summed E-state index contributed by atoms with van der Waals surface area (Å²) in [6.45, 7) is 0.101. The lowest BCUT2D eigenvalue weighted by molar-refractivity contribution is 0.101. The van der Waals surface area contributed by atoms with Crippen LogP contribution >= 0.6 is 23.3 Å². The number of rotatable bonds is 7. The van der Waals surface area contributed by atoms with Gasteiger partial charge in [0.1, 0.15) is 5.82 Å². The summed E-state index contributed by atoms with van der Waals surface area (Å²) in [5.41, 5.74) is 1.67. The van der Waals surface area contributed by atoms with E-state index in [1.165, 1.54) is 41.4 Å². The van der Waals surface area contributed by atoms with E-state index < -0.39 is 0 Å². The van der Waals surface area contributed by atoms with Crippen LogP contribution < -0.4 is 5.32 Å². The zero-order chi connectivity index (χ0) is 16.8. The molecule has 0 bridgehead atoms. The van der Waals surface area contributed by atoms with Crippen LogP contribution in [0.3, 0.4) is 0 Å². The van der Waals surface area contributed by atoms with Crippen LogP contribution in [0.25, 0.3) is 0 Å². The molecule has 24 heavy (non-hydrogen) atoms. The summed E-state index contributed by atoms with van der Waals surface area (Å²) in [5.74, 6) is 0.318. The van der Waals surface area contributed by atoms with Crippen LogP contribution in [0, 0.1) is 5.82 Å². The van der Waals surface area contributed by atoms with Gasteiger partial charge >= 0.3 is 0 Å². The average molecular weight is 359 g/mol. The van der Waals surface area contributed by atoms with Gasteiger partial charge in [-0.05, 0) is 29.8 Å². The van der Waals surface area contributed by atoms with E-state index in [1.54, 1.807) is 11.8 Å². The Morgan fingerprint density at radius 2 is 1.88 bits per heavy atom. The lowest BCUT2D eigenvalue weighted by Crippen LogP contribution is -2.13. The molecule has 0 amide bonds. The highest BCUT2D eigenvalue weighted by Gasteiger charge is 2.09. The Balaban J connectivity index is 1.50. The minimum Gasteiger partial charge on any atom is -0.353 e. The normalized spacial score (nSPS) is 10.5. The number of hydrogen-bond acceptors (Lipinski definition) is 6. The molecule has 2 aromatic carbocycles. The van der Waals surface area contributed by atoms with Gasteiger partial charge in [0.25, 0.3) is 0 Å². The molecule has 1 N–H and O–H groups in total. The number of nitrogens with zero attached hydrogens (tertiary/aromatic N) is 2. The Hall–Kier alpha value is -2.25. The molecule has 0 spiro atoms. The van der Waals surface area contributed by atoms with Crippen LogP contribution in [-0.2, 0) is 5.75 Å². The number of Topliss-reactive ketones (excluding diaryl/α,β-unsaturated/α-hetero) is 1. The second-order valence-electron chi connectivity index (χ2n) is 4.94. The fourth-order valence-corrected chi connectivity index (χ4v) is 3.45. The molecule has 122 valence electrons. The fourth-order valence-electron chi connectivity index (χ4n) is 1.96. The summed E-state index contributed by atoms with van der Waals surface area (Å²) >= 11 is 2.77. The number of anilines is 1. The first kappa shape index (κ1) is 16.6. The van der Waals surface area contributed by atoms with E-state index in [-0.39, 0.29) is 18.1 Å². The average Bonchev–Trinajstić information content (AvgIpc) is 3.07. The number of halogens is 1. The Morgan fingerprint density at radius 3 is 2.62 bits per heavy atom. The van der Waals surface area contributed by atoms with Crippen LogP contribution in [0.5, 0.6) is 0 Å². The van der Waals surface area contributed by atoms with Crippen LogP contribution in [0.2, 0.25) is 0 Å². The molecule has 3 aromatic rings. The molecule has 0 fully saturated rings. The van der Waals surface area contributed by atoms with Gasteiger partial charge < -0.3 is 5.32 Å². The molecule has 0 aliphatic carbocycles. The van der Waals surface area contributed by atoms with E-state index in [9.17, 15) is 9.18 Å². The molecule has 7 heteroatoms. The van der Waals surface area contributed by atoms with Crippen LogP contribution in [0.15, 0.2) is 59.8 Å². The molecule has 0 radical (unpaired) electrons. The van der Waals surface area contributed by atoms with Crippen molar-refractivity contribution in [1.82, 2.24) is 9.36 Å². The maximum Gasteiger partial charge on any atom is 0.203 e. The molecule has 1 aromatic heterocycles. The van der Waals surface area contributed by atoms with Gasteiger partial charge in [0, 0.05) is 22.8 Å². The minimum atomic E-state index is -0.358. The van der Waals surface area contributed by atoms with Crippen LogP contribution in [-0.4, -0.2) is 21.7 Å². The van der Waals surface area contributed by atoms with Crippen molar-refractivity contribution in [2.45, 2.75) is 10.9 Å². The highest BCUT2D eigenvalue weighted by atomic mass is 32.2. The first-order valence-electron chi connectivity index (χ1n) is 7.24. The highest BCUT2D eigenvalue weighted by molar-refractivity contribution is 7.98. The fraction of sp³-hybridized carbons (Fsp3) is 0.118. The SMILES string of the molecule is O=C(CNc1nc(SCc2ccccc2)ns1)c1ccc(F)cc1. The Bertz CT molecular complexity index is 806. The van der Waals surface area contributed by atoms with Crippen molar-refractivity contribution in [2.75, 3.05) is 11.9 Å². The molecule has 4 nitrogen and oxygen atoms in total. The Labute approximate surface area is 147 Å². The smallest absolute Gasteiger partial charge is 0.203 e. The molecular weight excluding hydrogens is 345 g/mol. The summed E-state index contributed by atoms with van der Waals surface area (Å²) in [7, 11) is 0. The predicted octanol–water partition coefficient (Wildman–Crippen LogP) is 4.26. The standard InChI is InChI=1S/C17H14FN3OS2/c18-14-8-6-13(7-9-14)15(22)10-19-16-20-17(21-24-16)23-11-12-4-2-1-3-5-12/h1-9H,10-11H2,(H,19,20,21). The van der Waals surface area contributed by atoms with Crippen molar-refractivity contribution in [3.8, 4) is 0 Å². The maximum absolute atomic E-state index is 12.9. The number of ketones is 1. The van der Waals surface area contributed by atoms with E-state index in [0.717, 1.165) is 5.75 Å². The molecular formula is C17H14FN3OS2. The molecule has 0 aliphatic heterocycles. The Kier molecular flexibility index (Phi) is 5.55. The van der Waals surface area contributed by atoms with Crippen molar-refractivity contribution < 1.29 is 9.18 Å². The predicted molar refractivity (Wildman–Crippen MR) is 95.1 cm³/mol. The molecule has 0 saturated heterocycles. The zero-order valence-corrected chi connectivity index (χ0v) is 14.2. The Morgan fingerprint density at radius 1 is 1.12 bits per heavy atom. The molecule has 3 rings (SSSR count). The summed E-state index contributed by atoms with van der Waals surface area (Å²) in [6.07, 6.45) is 0. The van der Waals surface area contributed by atoms with Crippen molar-refractivity contribution in [2.24, 2.45) is 0 Å². The summed E-state index contributed by atoms with van der Waals surface area (Å²) in [4.78, 5) is 16.4. The van der Waals surface area contributed by atoms with E-state index in [0.29, 0.717) is 15.9 Å². The van der Waals surface area contributed by atoms with Crippen molar-refractivity contribution in [3.05, 3.63) is 71.5 Å². The molecule has 1 heterocycles. The topological polar surface area (TPSA) is 54.9 Å². The van der Waals surface area contributed by atoms with Crippen molar-refractivity contribution >= 4 is 34.2 Å². The summed E-state index contributed by atoms with van der Waals surface area (Å²) in [5, 5.41) is 4.24. The molecule has 0 saturated carbocycles. The molecule has 0 atom stereocenters. The number of benzene rings is 2. The number of aromatic nitrogens is 2. The molecule has 0 aliphatic rings. The van der Waals surface area contributed by atoms with Gasteiger partial charge in [0.15, 0.2) is 5.78 Å². The van der Waals surface area contributed by atoms with E-state index in [2.05, 4.69) is 26.8 Å². The largest absolute Gasteiger partial charge is 0.353 e. The maximum atomic E-state index is 12.9. The van der Waals surface area contributed by atoms with Crippen LogP contribution in [0.4, 0.5) is 9.52 Å². The van der Waals surface area contributed by atoms with Crippen molar-refractivity contribution in [3.63, 3.8) is 0 Å². The minimum absolute atomic E-state index is 0.101. The monoisotopic (exact) mass is 359 g/mol.